The number of imidazole rings is 1. The molecule has 108 valence electrons. The molecule has 0 aliphatic heterocycles. The van der Waals surface area contributed by atoms with Crippen molar-refractivity contribution >= 4 is 0 Å². The van der Waals surface area contributed by atoms with Crippen LogP contribution in [0.3, 0.4) is 0 Å². The number of para-hydroxylation sites is 1. The van der Waals surface area contributed by atoms with Crippen LogP contribution in [-0.2, 0) is 19.5 Å². The number of aromatic nitrogens is 2. The minimum Gasteiger partial charge on any atom is -0.490 e. The van der Waals surface area contributed by atoms with Crippen molar-refractivity contribution in [3.8, 4) is 5.75 Å². The van der Waals surface area contributed by atoms with E-state index in [2.05, 4.69) is 4.98 Å². The van der Waals surface area contributed by atoms with Crippen LogP contribution in [0, 0.1) is 0 Å². The number of hydrogen-bond donors (Lipinski definition) is 2. The molecule has 0 amide bonds. The van der Waals surface area contributed by atoms with Gasteiger partial charge in [-0.3, -0.25) is 0 Å². The van der Waals surface area contributed by atoms with Gasteiger partial charge in [0.25, 0.3) is 0 Å². The van der Waals surface area contributed by atoms with E-state index in [0.29, 0.717) is 13.1 Å². The Morgan fingerprint density at radius 1 is 1.40 bits per heavy atom. The highest BCUT2D eigenvalue weighted by Gasteiger charge is 2.10. The molecule has 5 heteroatoms. The van der Waals surface area contributed by atoms with Crippen LogP contribution in [-0.4, -0.2) is 27.4 Å². The smallest absolute Gasteiger partial charge is 0.123 e. The van der Waals surface area contributed by atoms with Gasteiger partial charge in [0, 0.05) is 30.9 Å². The van der Waals surface area contributed by atoms with Crippen molar-refractivity contribution in [1.29, 1.82) is 0 Å². The summed E-state index contributed by atoms with van der Waals surface area (Å²) in [7, 11) is 0. The first-order chi connectivity index (χ1) is 9.74. The Morgan fingerprint density at radius 3 is 2.95 bits per heavy atom. The molecule has 0 aliphatic rings. The van der Waals surface area contributed by atoms with Crippen molar-refractivity contribution in [3.63, 3.8) is 0 Å². The van der Waals surface area contributed by atoms with Crippen LogP contribution < -0.4 is 10.5 Å². The topological polar surface area (TPSA) is 73.3 Å². The molecular weight excluding hydrogens is 254 g/mol. The lowest BCUT2D eigenvalue weighted by Crippen LogP contribution is -2.24. The summed E-state index contributed by atoms with van der Waals surface area (Å²) in [6, 6.07) is 7.60. The van der Waals surface area contributed by atoms with E-state index < -0.39 is 6.10 Å². The molecule has 0 fully saturated rings. The molecule has 1 aromatic carbocycles. The Bertz CT molecular complexity index is 539. The van der Waals surface area contributed by atoms with E-state index in [-0.39, 0.29) is 6.61 Å². The second-order valence-corrected chi connectivity index (χ2v) is 4.63. The lowest BCUT2D eigenvalue weighted by atomic mass is 10.2. The molecule has 2 rings (SSSR count). The molecule has 0 aliphatic carbocycles. The number of hydrogen-bond acceptors (Lipinski definition) is 4. The fraction of sp³-hybridized carbons (Fsp3) is 0.400. The summed E-state index contributed by atoms with van der Waals surface area (Å²) >= 11 is 0. The van der Waals surface area contributed by atoms with Gasteiger partial charge in [-0.15, -0.1) is 0 Å². The number of aliphatic hydroxyl groups excluding tert-OH is 1. The zero-order valence-corrected chi connectivity index (χ0v) is 11.7. The molecule has 1 aromatic heterocycles. The monoisotopic (exact) mass is 275 g/mol. The Balaban J connectivity index is 1.90. The lowest BCUT2D eigenvalue weighted by Gasteiger charge is -2.16. The van der Waals surface area contributed by atoms with Crippen LogP contribution in [0.2, 0.25) is 0 Å². The molecule has 20 heavy (non-hydrogen) atoms. The van der Waals surface area contributed by atoms with Gasteiger partial charge in [-0.1, -0.05) is 25.1 Å². The normalized spacial score (nSPS) is 12.3. The maximum Gasteiger partial charge on any atom is 0.123 e. The van der Waals surface area contributed by atoms with Gasteiger partial charge in [-0.25, -0.2) is 4.98 Å². The van der Waals surface area contributed by atoms with Crippen molar-refractivity contribution in [2.45, 2.75) is 32.5 Å². The number of ether oxygens (including phenoxy) is 1. The van der Waals surface area contributed by atoms with Crippen LogP contribution in [0.15, 0.2) is 36.7 Å². The molecule has 5 nitrogen and oxygen atoms in total. The highest BCUT2D eigenvalue weighted by molar-refractivity contribution is 5.32. The average molecular weight is 275 g/mol. The second-order valence-electron chi connectivity index (χ2n) is 4.63. The van der Waals surface area contributed by atoms with Gasteiger partial charge < -0.3 is 20.1 Å². The third kappa shape index (κ3) is 3.59. The Kier molecular flexibility index (Phi) is 5.15. The van der Waals surface area contributed by atoms with E-state index in [1.165, 1.54) is 0 Å². The minimum atomic E-state index is -0.583. The van der Waals surface area contributed by atoms with Crippen molar-refractivity contribution in [3.05, 3.63) is 48.0 Å². The predicted molar refractivity (Wildman–Crippen MR) is 77.4 cm³/mol. The third-order valence-electron chi connectivity index (χ3n) is 3.15. The maximum atomic E-state index is 10.1. The van der Waals surface area contributed by atoms with Crippen LogP contribution in [0.4, 0.5) is 0 Å². The summed E-state index contributed by atoms with van der Waals surface area (Å²) in [6.45, 7) is 3.18. The summed E-state index contributed by atoms with van der Waals surface area (Å²) in [4.78, 5) is 4.23. The van der Waals surface area contributed by atoms with Gasteiger partial charge in [0.15, 0.2) is 0 Å². The van der Waals surface area contributed by atoms with Gasteiger partial charge in [0.2, 0.25) is 0 Å². The van der Waals surface area contributed by atoms with Crippen molar-refractivity contribution in [2.75, 3.05) is 6.61 Å². The summed E-state index contributed by atoms with van der Waals surface area (Å²) in [5.74, 6) is 1.70. The van der Waals surface area contributed by atoms with Crippen LogP contribution in [0.5, 0.6) is 5.75 Å². The molecule has 3 N–H and O–H groups in total. The van der Waals surface area contributed by atoms with E-state index in [1.807, 2.05) is 42.0 Å². The SMILES string of the molecule is CCc1nccn1CC(O)COc1ccccc1CN. The molecule has 0 saturated heterocycles. The summed E-state index contributed by atoms with van der Waals surface area (Å²) in [5.41, 5.74) is 6.59. The zero-order chi connectivity index (χ0) is 14.4. The van der Waals surface area contributed by atoms with Crippen LogP contribution >= 0.6 is 0 Å². The fourth-order valence-electron chi connectivity index (χ4n) is 2.10. The molecule has 1 unspecified atom stereocenters. The number of nitrogens with zero attached hydrogens (tertiary/aromatic N) is 2. The zero-order valence-electron chi connectivity index (χ0n) is 11.7. The molecule has 0 bridgehead atoms. The van der Waals surface area contributed by atoms with Gasteiger partial charge in [0.1, 0.15) is 24.3 Å². The summed E-state index contributed by atoms with van der Waals surface area (Å²) < 4.78 is 7.60. The number of aliphatic hydroxyl groups is 1. The first-order valence-electron chi connectivity index (χ1n) is 6.83. The Labute approximate surface area is 119 Å². The van der Waals surface area contributed by atoms with Gasteiger partial charge >= 0.3 is 0 Å². The fourth-order valence-corrected chi connectivity index (χ4v) is 2.10. The summed E-state index contributed by atoms with van der Waals surface area (Å²) in [6.07, 6.45) is 3.88. The number of benzene rings is 1. The van der Waals surface area contributed by atoms with Crippen molar-refractivity contribution in [1.82, 2.24) is 9.55 Å². The number of rotatable bonds is 7. The van der Waals surface area contributed by atoms with Gasteiger partial charge in [-0.2, -0.15) is 0 Å². The molecule has 1 atom stereocenters. The Morgan fingerprint density at radius 2 is 2.20 bits per heavy atom. The second kappa shape index (κ2) is 7.07. The maximum absolute atomic E-state index is 10.1. The molecular formula is C15H21N3O2. The number of aryl methyl sites for hydroxylation is 1. The highest BCUT2D eigenvalue weighted by atomic mass is 16.5. The lowest BCUT2D eigenvalue weighted by molar-refractivity contribution is 0.0913. The quantitative estimate of drug-likeness (QED) is 0.800. The molecule has 0 spiro atoms. The Hall–Kier alpha value is -1.85. The highest BCUT2D eigenvalue weighted by Crippen LogP contribution is 2.17. The first kappa shape index (κ1) is 14.6. The third-order valence-corrected chi connectivity index (χ3v) is 3.15. The van der Waals surface area contributed by atoms with Crippen molar-refractivity contribution in [2.24, 2.45) is 5.73 Å². The van der Waals surface area contributed by atoms with E-state index in [9.17, 15) is 5.11 Å². The molecule has 1 heterocycles. The van der Waals surface area contributed by atoms with Crippen LogP contribution in [0.1, 0.15) is 18.3 Å². The van der Waals surface area contributed by atoms with Crippen LogP contribution in [0.25, 0.3) is 0 Å². The molecule has 0 saturated carbocycles. The van der Waals surface area contributed by atoms with E-state index >= 15 is 0 Å². The van der Waals surface area contributed by atoms with Gasteiger partial charge in [0.05, 0.1) is 6.54 Å². The van der Waals surface area contributed by atoms with E-state index in [1.54, 1.807) is 6.20 Å². The average Bonchev–Trinajstić information content (AvgIpc) is 2.92. The standard InChI is InChI=1S/C15H21N3O2/c1-2-15-17-7-8-18(15)10-13(19)11-20-14-6-4-3-5-12(14)9-16/h3-8,13,19H,2,9-11,16H2,1H3. The first-order valence-corrected chi connectivity index (χ1v) is 6.83. The van der Waals surface area contributed by atoms with Crippen molar-refractivity contribution < 1.29 is 9.84 Å². The largest absolute Gasteiger partial charge is 0.490 e. The van der Waals surface area contributed by atoms with E-state index in [0.717, 1.165) is 23.6 Å². The minimum absolute atomic E-state index is 0.234. The molecule has 2 aromatic rings. The van der Waals surface area contributed by atoms with Gasteiger partial charge in [-0.05, 0) is 6.07 Å². The summed E-state index contributed by atoms with van der Waals surface area (Å²) in [5, 5.41) is 10.1. The molecule has 0 radical (unpaired) electrons. The predicted octanol–water partition coefficient (Wildman–Crippen LogP) is 1.34. The van der Waals surface area contributed by atoms with E-state index in [4.69, 9.17) is 10.5 Å². The number of nitrogens with two attached hydrogens (primary N) is 1.